The molecule has 3 heteroatoms. The highest BCUT2D eigenvalue weighted by molar-refractivity contribution is 5.71. The average molecular weight is 398 g/mol. The Hall–Kier alpha value is -2.68. The van der Waals surface area contributed by atoms with Crippen LogP contribution >= 0.6 is 0 Å². The first-order chi connectivity index (χ1) is 14.1. The van der Waals surface area contributed by atoms with Crippen molar-refractivity contribution in [1.82, 2.24) is 9.97 Å². The Morgan fingerprint density at radius 1 is 1.00 bits per heavy atom. The van der Waals surface area contributed by atoms with Gasteiger partial charge in [0.1, 0.15) is 0 Å². The normalized spacial score (nSPS) is 11.2. The van der Waals surface area contributed by atoms with E-state index in [-0.39, 0.29) is 0 Å². The number of allylic oxidation sites excluding steroid dienone is 10. The summed E-state index contributed by atoms with van der Waals surface area (Å²) in [5.74, 6) is 0.567. The van der Waals surface area contributed by atoms with Crippen LogP contribution in [0.1, 0.15) is 74.4 Å². The van der Waals surface area contributed by atoms with Crippen LogP contribution in [0.4, 0.5) is 5.95 Å². The second kappa shape index (κ2) is 25.3. The smallest absolute Gasteiger partial charge is 0.227 e. The van der Waals surface area contributed by atoms with Gasteiger partial charge in [-0.2, -0.15) is 0 Å². The lowest BCUT2D eigenvalue weighted by molar-refractivity contribution is 1.09. The van der Waals surface area contributed by atoms with Gasteiger partial charge < -0.3 is 5.32 Å². The molecule has 0 saturated heterocycles. The predicted molar refractivity (Wildman–Crippen MR) is 135 cm³/mol. The minimum absolute atomic E-state index is 0.567. The van der Waals surface area contributed by atoms with Crippen LogP contribution in [-0.4, -0.2) is 9.97 Å². The standard InChI is InChI=1S/C17H21N3.C4H8.C3H8.C2H6/c1-5-9-11-15(10-6-2)19-17-18-13-12-16(20-17)14(7-3)8-4;1-3-4-2;1-3-2;1-2/h5-13H,3H2,1-2,4H3,(H,18,19,20);3-4H,1-2H3;3H2,1-2H3;1-2H3/b9-5-,10-6-,14-8+,15-11+;4-3-;;. The van der Waals surface area contributed by atoms with Crippen molar-refractivity contribution in [2.75, 3.05) is 5.32 Å². The lowest BCUT2D eigenvalue weighted by Gasteiger charge is -2.07. The molecule has 0 atom stereocenters. The van der Waals surface area contributed by atoms with Crippen molar-refractivity contribution in [2.24, 2.45) is 0 Å². The van der Waals surface area contributed by atoms with Gasteiger partial charge in [-0.1, -0.05) is 83.2 Å². The molecule has 0 spiro atoms. The summed E-state index contributed by atoms with van der Waals surface area (Å²) in [5.41, 5.74) is 2.77. The first-order valence-corrected chi connectivity index (χ1v) is 10.5. The largest absolute Gasteiger partial charge is 0.324 e. The number of aromatic nitrogens is 2. The number of nitrogens with zero attached hydrogens (tertiary/aromatic N) is 2. The molecule has 0 bridgehead atoms. The number of anilines is 1. The van der Waals surface area contributed by atoms with Crippen molar-refractivity contribution in [3.05, 3.63) is 84.9 Å². The first-order valence-electron chi connectivity index (χ1n) is 10.5. The van der Waals surface area contributed by atoms with E-state index >= 15 is 0 Å². The highest BCUT2D eigenvalue weighted by atomic mass is 15.1. The van der Waals surface area contributed by atoms with E-state index in [1.807, 2.05) is 103 Å². The van der Waals surface area contributed by atoms with Crippen LogP contribution < -0.4 is 5.32 Å². The van der Waals surface area contributed by atoms with E-state index in [0.717, 1.165) is 17.0 Å². The number of nitrogens with one attached hydrogen (secondary N) is 1. The average Bonchev–Trinajstić information content (AvgIpc) is 2.75. The fourth-order valence-corrected chi connectivity index (χ4v) is 1.60. The summed E-state index contributed by atoms with van der Waals surface area (Å²) in [6, 6.07) is 1.87. The van der Waals surface area contributed by atoms with Gasteiger partial charge in [0.25, 0.3) is 0 Å². The van der Waals surface area contributed by atoms with Gasteiger partial charge in [0.2, 0.25) is 5.95 Å². The Balaban J connectivity index is -0.000000639. The molecule has 0 unspecified atom stereocenters. The quantitative estimate of drug-likeness (QED) is 0.386. The van der Waals surface area contributed by atoms with Crippen LogP contribution in [0.5, 0.6) is 0 Å². The molecule has 0 aliphatic rings. The third kappa shape index (κ3) is 18.4. The molecule has 0 amide bonds. The molecule has 0 fully saturated rings. The summed E-state index contributed by atoms with van der Waals surface area (Å²) in [5, 5.41) is 3.20. The van der Waals surface area contributed by atoms with E-state index in [0.29, 0.717) is 5.95 Å². The third-order valence-electron chi connectivity index (χ3n) is 2.89. The number of hydrogen-bond acceptors (Lipinski definition) is 3. The van der Waals surface area contributed by atoms with Crippen LogP contribution in [-0.2, 0) is 0 Å². The SMILES string of the molecule is C/C=C\C.C=C/C(=C\C)c1ccnc(NC(/C=C\C)=C/C=C\C)n1.CC.CCC. The minimum Gasteiger partial charge on any atom is -0.324 e. The summed E-state index contributed by atoms with van der Waals surface area (Å²) in [6.45, 7) is 21.9. The molecule has 3 nitrogen and oxygen atoms in total. The van der Waals surface area contributed by atoms with Crippen molar-refractivity contribution >= 4 is 11.5 Å². The molecule has 1 aromatic rings. The monoisotopic (exact) mass is 397 g/mol. The zero-order valence-corrected chi connectivity index (χ0v) is 20.2. The topological polar surface area (TPSA) is 37.8 Å². The highest BCUT2D eigenvalue weighted by Crippen LogP contribution is 2.14. The maximum absolute atomic E-state index is 4.48. The van der Waals surface area contributed by atoms with Gasteiger partial charge in [-0.15, -0.1) is 0 Å². The van der Waals surface area contributed by atoms with Crippen LogP contribution in [0.3, 0.4) is 0 Å². The van der Waals surface area contributed by atoms with Crippen LogP contribution in [0.25, 0.3) is 5.57 Å². The highest BCUT2D eigenvalue weighted by Gasteiger charge is 2.02. The van der Waals surface area contributed by atoms with E-state index in [4.69, 9.17) is 0 Å². The molecule has 0 aliphatic carbocycles. The zero-order chi connectivity index (χ0) is 22.9. The van der Waals surface area contributed by atoms with E-state index in [1.54, 1.807) is 12.3 Å². The molecule has 1 aromatic heterocycles. The summed E-state index contributed by atoms with van der Waals surface area (Å²) in [6.07, 6.45) is 20.6. The van der Waals surface area contributed by atoms with E-state index < -0.39 is 0 Å². The van der Waals surface area contributed by atoms with Crippen molar-refractivity contribution in [1.29, 1.82) is 0 Å². The predicted octanol–water partition coefficient (Wildman–Crippen LogP) is 8.54. The van der Waals surface area contributed by atoms with Crippen molar-refractivity contribution in [2.45, 2.75) is 68.7 Å². The maximum Gasteiger partial charge on any atom is 0.227 e. The molecular weight excluding hydrogens is 354 g/mol. The molecule has 0 aromatic carbocycles. The second-order valence-corrected chi connectivity index (χ2v) is 5.36. The summed E-state index contributed by atoms with van der Waals surface area (Å²) in [7, 11) is 0. The fraction of sp³-hybridized carbons (Fsp3) is 0.385. The molecule has 1 heterocycles. The molecular formula is C26H43N3. The van der Waals surface area contributed by atoms with Gasteiger partial charge in [0, 0.05) is 11.9 Å². The van der Waals surface area contributed by atoms with Crippen LogP contribution in [0, 0.1) is 0 Å². The van der Waals surface area contributed by atoms with E-state index in [9.17, 15) is 0 Å². The summed E-state index contributed by atoms with van der Waals surface area (Å²) >= 11 is 0. The molecule has 1 rings (SSSR count). The Labute approximate surface area is 180 Å². The zero-order valence-electron chi connectivity index (χ0n) is 20.2. The molecule has 0 aliphatic heterocycles. The van der Waals surface area contributed by atoms with Gasteiger partial charge in [0.15, 0.2) is 0 Å². The molecule has 0 radical (unpaired) electrons. The summed E-state index contributed by atoms with van der Waals surface area (Å²) in [4.78, 5) is 8.72. The lowest BCUT2D eigenvalue weighted by Crippen LogP contribution is -2.03. The third-order valence-corrected chi connectivity index (χ3v) is 2.89. The summed E-state index contributed by atoms with van der Waals surface area (Å²) < 4.78 is 0. The minimum atomic E-state index is 0.567. The maximum atomic E-state index is 4.48. The number of hydrogen-bond donors (Lipinski definition) is 1. The Kier molecular flexibility index (Phi) is 27.1. The van der Waals surface area contributed by atoms with Gasteiger partial charge in [0.05, 0.1) is 5.69 Å². The fourth-order valence-electron chi connectivity index (χ4n) is 1.60. The van der Waals surface area contributed by atoms with E-state index in [1.165, 1.54) is 6.42 Å². The van der Waals surface area contributed by atoms with Crippen molar-refractivity contribution in [3.8, 4) is 0 Å². The van der Waals surface area contributed by atoms with Gasteiger partial charge in [-0.25, -0.2) is 9.97 Å². The Morgan fingerprint density at radius 3 is 2.00 bits per heavy atom. The Morgan fingerprint density at radius 2 is 1.59 bits per heavy atom. The van der Waals surface area contributed by atoms with Gasteiger partial charge >= 0.3 is 0 Å². The molecule has 29 heavy (non-hydrogen) atoms. The molecule has 1 N–H and O–H groups in total. The molecule has 0 saturated carbocycles. The van der Waals surface area contributed by atoms with Crippen LogP contribution in [0.15, 0.2) is 79.2 Å². The van der Waals surface area contributed by atoms with Crippen molar-refractivity contribution < 1.29 is 0 Å². The second-order valence-electron chi connectivity index (χ2n) is 5.36. The molecule has 162 valence electrons. The first kappa shape index (κ1) is 31.0. The van der Waals surface area contributed by atoms with Crippen LogP contribution in [0.2, 0.25) is 0 Å². The number of rotatable bonds is 6. The van der Waals surface area contributed by atoms with Gasteiger partial charge in [-0.3, -0.25) is 0 Å². The van der Waals surface area contributed by atoms with E-state index in [2.05, 4.69) is 35.7 Å². The van der Waals surface area contributed by atoms with Crippen molar-refractivity contribution in [3.63, 3.8) is 0 Å². The lowest BCUT2D eigenvalue weighted by atomic mass is 10.2. The van der Waals surface area contributed by atoms with Gasteiger partial charge in [-0.05, 0) is 58.4 Å². The Bertz CT molecular complexity index is 644.